The first-order valence-electron chi connectivity index (χ1n) is 6.82. The molecule has 0 saturated heterocycles. The fourth-order valence-corrected chi connectivity index (χ4v) is 3.59. The molecule has 2 aromatic heterocycles. The topological polar surface area (TPSA) is 55.0 Å². The first-order chi connectivity index (χ1) is 10.8. The molecule has 4 rings (SSSR count). The van der Waals surface area contributed by atoms with Crippen LogP contribution in [0.25, 0.3) is 31.7 Å². The third kappa shape index (κ3) is 1.98. The Morgan fingerprint density at radius 1 is 1.09 bits per heavy atom. The number of rotatable bonds is 2. The molecule has 2 aromatic carbocycles. The Balaban J connectivity index is 1.98. The molecule has 0 spiro atoms. The van der Waals surface area contributed by atoms with Crippen LogP contribution in [0, 0.1) is 0 Å². The van der Waals surface area contributed by atoms with Crippen molar-refractivity contribution in [2.24, 2.45) is 0 Å². The Bertz CT molecular complexity index is 1030. The van der Waals surface area contributed by atoms with E-state index < -0.39 is 0 Å². The van der Waals surface area contributed by atoms with Crippen LogP contribution in [0.3, 0.4) is 0 Å². The summed E-state index contributed by atoms with van der Waals surface area (Å²) in [5, 5.41) is 1.86. The third-order valence-corrected chi connectivity index (χ3v) is 4.74. The maximum atomic E-state index is 12.2. The lowest BCUT2D eigenvalue weighted by Gasteiger charge is -1.99. The van der Waals surface area contributed by atoms with Gasteiger partial charge in [-0.2, -0.15) is 0 Å². The number of nitrogens with one attached hydrogen (secondary N) is 1. The smallest absolute Gasteiger partial charge is 0.275 e. The Morgan fingerprint density at radius 3 is 2.64 bits per heavy atom. The molecule has 0 aliphatic carbocycles. The highest BCUT2D eigenvalue weighted by molar-refractivity contribution is 7.22. The van der Waals surface area contributed by atoms with Gasteiger partial charge in [0.25, 0.3) is 5.56 Å². The minimum Gasteiger partial charge on any atom is -0.497 e. The lowest BCUT2D eigenvalue weighted by Crippen LogP contribution is -2.05. The molecule has 22 heavy (non-hydrogen) atoms. The molecule has 0 fully saturated rings. The maximum Gasteiger partial charge on any atom is 0.275 e. The van der Waals surface area contributed by atoms with Gasteiger partial charge in [-0.3, -0.25) is 4.79 Å². The van der Waals surface area contributed by atoms with Crippen LogP contribution in [0.2, 0.25) is 0 Å². The second-order valence-corrected chi connectivity index (χ2v) is 5.92. The van der Waals surface area contributed by atoms with Gasteiger partial charge in [0, 0.05) is 16.5 Å². The van der Waals surface area contributed by atoms with E-state index in [0.29, 0.717) is 5.52 Å². The van der Waals surface area contributed by atoms with Gasteiger partial charge in [-0.25, -0.2) is 4.98 Å². The van der Waals surface area contributed by atoms with Gasteiger partial charge in [0.05, 0.1) is 11.8 Å². The summed E-state index contributed by atoms with van der Waals surface area (Å²) in [6, 6.07) is 15.5. The average molecular weight is 308 g/mol. The van der Waals surface area contributed by atoms with Crippen LogP contribution in [0.5, 0.6) is 5.75 Å². The number of aromatic nitrogens is 2. The van der Waals surface area contributed by atoms with Gasteiger partial charge in [-0.15, -0.1) is 11.3 Å². The molecule has 1 N–H and O–H groups in total. The number of thiazole rings is 1. The van der Waals surface area contributed by atoms with Crippen LogP contribution >= 0.6 is 11.3 Å². The molecular weight excluding hydrogens is 296 g/mol. The van der Waals surface area contributed by atoms with Crippen LogP contribution in [0.4, 0.5) is 0 Å². The van der Waals surface area contributed by atoms with Crippen LogP contribution in [-0.2, 0) is 0 Å². The molecule has 2 heterocycles. The van der Waals surface area contributed by atoms with Gasteiger partial charge in [0.15, 0.2) is 0 Å². The summed E-state index contributed by atoms with van der Waals surface area (Å²) in [5.41, 5.74) is 2.16. The van der Waals surface area contributed by atoms with E-state index in [0.717, 1.165) is 31.9 Å². The molecule has 0 atom stereocenters. The molecule has 4 nitrogen and oxygen atoms in total. The highest BCUT2D eigenvalue weighted by atomic mass is 32.1. The molecule has 0 bridgehead atoms. The number of hydrogen-bond acceptors (Lipinski definition) is 4. The summed E-state index contributed by atoms with van der Waals surface area (Å²) in [6.07, 6.45) is 0. The highest BCUT2D eigenvalue weighted by Gasteiger charge is 2.12. The third-order valence-electron chi connectivity index (χ3n) is 3.60. The van der Waals surface area contributed by atoms with E-state index >= 15 is 0 Å². The molecule has 0 amide bonds. The number of benzene rings is 2. The molecule has 0 aliphatic heterocycles. The highest BCUT2D eigenvalue weighted by Crippen LogP contribution is 2.33. The van der Waals surface area contributed by atoms with Crippen molar-refractivity contribution in [2.75, 3.05) is 7.11 Å². The predicted octanol–water partition coefficient (Wildman–Crippen LogP) is 3.81. The number of ether oxygens (including phenoxy) is 1. The molecule has 0 unspecified atom stereocenters. The summed E-state index contributed by atoms with van der Waals surface area (Å²) >= 11 is 1.54. The van der Waals surface area contributed by atoms with Crippen molar-refractivity contribution in [3.63, 3.8) is 0 Å². The molecule has 108 valence electrons. The fraction of sp³-hybridized carbons (Fsp3) is 0.0588. The van der Waals surface area contributed by atoms with Crippen LogP contribution in [-0.4, -0.2) is 17.1 Å². The van der Waals surface area contributed by atoms with Gasteiger partial charge in [-0.05, 0) is 30.3 Å². The second-order valence-electron chi connectivity index (χ2n) is 4.92. The standard InChI is InChI=1S/C17H12N2O2S/c1-21-11-8-6-10(7-9-11)17-19-14-15(22-17)12-4-2-3-5-13(12)18-16(14)20/h2-9H,1H3,(H,18,20). The molecule has 5 heteroatoms. The second kappa shape index (κ2) is 4.96. The SMILES string of the molecule is COc1ccc(-c2nc3c(=O)[nH]c4ccccc4c3s2)cc1. The van der Waals surface area contributed by atoms with Crippen molar-refractivity contribution in [1.29, 1.82) is 0 Å². The number of methoxy groups -OCH3 is 1. The van der Waals surface area contributed by atoms with E-state index in [1.54, 1.807) is 7.11 Å². The summed E-state index contributed by atoms with van der Waals surface area (Å²) in [4.78, 5) is 19.6. The minimum absolute atomic E-state index is 0.148. The Kier molecular flexibility index (Phi) is 2.94. The van der Waals surface area contributed by atoms with Crippen molar-refractivity contribution >= 4 is 32.5 Å². The number of pyridine rings is 1. The number of para-hydroxylation sites is 1. The first kappa shape index (κ1) is 13.0. The van der Waals surface area contributed by atoms with Crippen LogP contribution < -0.4 is 10.3 Å². The van der Waals surface area contributed by atoms with Crippen molar-refractivity contribution in [1.82, 2.24) is 9.97 Å². The van der Waals surface area contributed by atoms with E-state index in [2.05, 4.69) is 9.97 Å². The lowest BCUT2D eigenvalue weighted by atomic mass is 10.2. The van der Waals surface area contributed by atoms with Crippen molar-refractivity contribution in [2.45, 2.75) is 0 Å². The zero-order valence-corrected chi connectivity index (χ0v) is 12.6. The van der Waals surface area contributed by atoms with Crippen molar-refractivity contribution in [3.8, 4) is 16.3 Å². The quantitative estimate of drug-likeness (QED) is 0.612. The minimum atomic E-state index is -0.148. The van der Waals surface area contributed by atoms with Gasteiger partial charge >= 0.3 is 0 Å². The summed E-state index contributed by atoms with van der Waals surface area (Å²) in [5.74, 6) is 0.799. The van der Waals surface area contributed by atoms with Crippen molar-refractivity contribution in [3.05, 3.63) is 58.9 Å². The largest absolute Gasteiger partial charge is 0.497 e. The van der Waals surface area contributed by atoms with Gasteiger partial charge < -0.3 is 9.72 Å². The average Bonchev–Trinajstić information content (AvgIpc) is 3.01. The number of nitrogens with zero attached hydrogens (tertiary/aromatic N) is 1. The van der Waals surface area contributed by atoms with Crippen molar-refractivity contribution < 1.29 is 4.74 Å². The van der Waals surface area contributed by atoms with Crippen LogP contribution in [0.15, 0.2) is 53.3 Å². The fourth-order valence-electron chi connectivity index (χ4n) is 2.49. The molecule has 0 saturated carbocycles. The summed E-state index contributed by atoms with van der Waals surface area (Å²) in [7, 11) is 1.64. The Hall–Kier alpha value is -2.66. The molecule has 0 aliphatic rings. The van der Waals surface area contributed by atoms with E-state index in [9.17, 15) is 4.79 Å². The monoisotopic (exact) mass is 308 g/mol. The van der Waals surface area contributed by atoms with E-state index in [-0.39, 0.29) is 5.56 Å². The Labute approximate surface area is 130 Å². The number of fused-ring (bicyclic) bond motifs is 3. The van der Waals surface area contributed by atoms with E-state index in [1.807, 2.05) is 48.5 Å². The first-order valence-corrected chi connectivity index (χ1v) is 7.64. The number of aromatic amines is 1. The van der Waals surface area contributed by atoms with Gasteiger partial charge in [0.1, 0.15) is 16.3 Å². The maximum absolute atomic E-state index is 12.2. The molecular formula is C17H12N2O2S. The number of hydrogen-bond donors (Lipinski definition) is 1. The summed E-state index contributed by atoms with van der Waals surface area (Å²) < 4.78 is 6.09. The van der Waals surface area contributed by atoms with Gasteiger partial charge in [0.2, 0.25) is 0 Å². The Morgan fingerprint density at radius 2 is 1.86 bits per heavy atom. The van der Waals surface area contributed by atoms with Gasteiger partial charge in [-0.1, -0.05) is 18.2 Å². The zero-order valence-electron chi connectivity index (χ0n) is 11.8. The van der Waals surface area contributed by atoms with E-state index in [1.165, 1.54) is 11.3 Å². The molecule has 4 aromatic rings. The number of H-pyrrole nitrogens is 1. The lowest BCUT2D eigenvalue weighted by molar-refractivity contribution is 0.415. The normalized spacial score (nSPS) is 11.1. The molecule has 0 radical (unpaired) electrons. The van der Waals surface area contributed by atoms with Crippen LogP contribution in [0.1, 0.15) is 0 Å². The zero-order chi connectivity index (χ0) is 15.1. The predicted molar refractivity (Wildman–Crippen MR) is 89.7 cm³/mol. The van der Waals surface area contributed by atoms with E-state index in [4.69, 9.17) is 4.74 Å². The summed E-state index contributed by atoms with van der Waals surface area (Å²) in [6.45, 7) is 0.